The second-order valence-corrected chi connectivity index (χ2v) is 30.1. The van der Waals surface area contributed by atoms with E-state index in [9.17, 15) is 0 Å². The number of fused-ring (bicyclic) bond motifs is 28. The molecule has 0 amide bonds. The van der Waals surface area contributed by atoms with E-state index in [-0.39, 0.29) is 13.4 Å². The van der Waals surface area contributed by atoms with Gasteiger partial charge in [-0.1, -0.05) is 273 Å². The van der Waals surface area contributed by atoms with Crippen molar-refractivity contribution < 1.29 is 0 Å². The van der Waals surface area contributed by atoms with Crippen molar-refractivity contribution in [3.63, 3.8) is 0 Å². The summed E-state index contributed by atoms with van der Waals surface area (Å²) in [6.45, 7) is -0.412. The Morgan fingerprint density at radius 2 is 0.464 bits per heavy atom. The van der Waals surface area contributed by atoms with Gasteiger partial charge in [-0.25, -0.2) is 0 Å². The van der Waals surface area contributed by atoms with Gasteiger partial charge in [0.05, 0.1) is 33.4 Å². The Balaban J connectivity index is 0.823. The molecular formula is C102H62B2N6. The molecule has 0 N–H and O–H groups in total. The smallest absolute Gasteiger partial charge is 0.252 e. The Hall–Kier alpha value is -14.3. The molecule has 0 aliphatic carbocycles. The third kappa shape index (κ3) is 8.07. The maximum Gasteiger partial charge on any atom is 0.252 e. The summed E-state index contributed by atoms with van der Waals surface area (Å²) in [5.41, 5.74) is 27.9. The van der Waals surface area contributed by atoms with Gasteiger partial charge < -0.3 is 28.7 Å². The molecule has 0 saturated heterocycles. The number of rotatable bonds is 6. The fourth-order valence-corrected chi connectivity index (χ4v) is 20.4. The quantitative estimate of drug-likeness (QED) is 0.122. The van der Waals surface area contributed by atoms with E-state index in [1.54, 1.807) is 0 Å². The molecule has 19 aromatic carbocycles. The molecule has 8 heteroatoms. The summed E-state index contributed by atoms with van der Waals surface area (Å²) in [5, 5.41) is 19.8. The van der Waals surface area contributed by atoms with E-state index in [1.807, 2.05) is 0 Å². The molecule has 110 heavy (non-hydrogen) atoms. The maximum atomic E-state index is 2.67. The fourth-order valence-electron chi connectivity index (χ4n) is 20.4. The van der Waals surface area contributed by atoms with Crippen LogP contribution < -0.4 is 52.4 Å². The number of anilines is 12. The molecular weight excluding hydrogens is 1330 g/mol. The van der Waals surface area contributed by atoms with Gasteiger partial charge in [0, 0.05) is 101 Å². The minimum atomic E-state index is -0.206. The van der Waals surface area contributed by atoms with Crippen molar-refractivity contribution in [2.24, 2.45) is 0 Å². The lowest BCUT2D eigenvalue weighted by atomic mass is 9.30. The maximum absolute atomic E-state index is 2.67. The van der Waals surface area contributed by atoms with E-state index in [4.69, 9.17) is 0 Å². The lowest BCUT2D eigenvalue weighted by Gasteiger charge is -2.47. The number of hydrogen-bond donors (Lipinski definition) is 0. The van der Waals surface area contributed by atoms with Crippen LogP contribution >= 0.6 is 0 Å². The summed E-state index contributed by atoms with van der Waals surface area (Å²) in [7, 11) is 0. The first-order valence-corrected chi connectivity index (χ1v) is 38.3. The highest BCUT2D eigenvalue weighted by Crippen LogP contribution is 2.54. The second-order valence-electron chi connectivity index (χ2n) is 30.1. The minimum absolute atomic E-state index is 0.206. The van der Waals surface area contributed by atoms with E-state index < -0.39 is 0 Å². The molecule has 21 aromatic rings. The Kier molecular flexibility index (Phi) is 12.3. The van der Waals surface area contributed by atoms with Crippen LogP contribution in [0.15, 0.2) is 376 Å². The van der Waals surface area contributed by atoms with Gasteiger partial charge in [-0.15, -0.1) is 0 Å². The van der Waals surface area contributed by atoms with Crippen LogP contribution in [0.25, 0.3) is 120 Å². The van der Waals surface area contributed by atoms with E-state index in [0.717, 1.165) is 90.7 Å². The molecule has 4 aliphatic rings. The van der Waals surface area contributed by atoms with Crippen LogP contribution in [0, 0.1) is 0 Å². The van der Waals surface area contributed by atoms with Gasteiger partial charge in [0.1, 0.15) is 0 Å². The average molecular weight is 1390 g/mol. The highest BCUT2D eigenvalue weighted by molar-refractivity contribution is 7.03. The van der Waals surface area contributed by atoms with Gasteiger partial charge >= 0.3 is 0 Å². The summed E-state index contributed by atoms with van der Waals surface area (Å²) in [5.74, 6) is 0. The average Bonchev–Trinajstić information content (AvgIpc) is 0.912. The van der Waals surface area contributed by atoms with E-state index in [2.05, 4.69) is 405 Å². The molecule has 0 unspecified atom stereocenters. The number of benzene rings is 19. The van der Waals surface area contributed by atoms with Crippen LogP contribution in [0.3, 0.4) is 0 Å². The lowest BCUT2D eigenvalue weighted by Crippen LogP contribution is -2.65. The largest absolute Gasteiger partial charge is 0.311 e. The molecule has 0 atom stereocenters. The molecule has 0 saturated carbocycles. The van der Waals surface area contributed by atoms with Crippen LogP contribution in [0.1, 0.15) is 0 Å². The summed E-state index contributed by atoms with van der Waals surface area (Å²) >= 11 is 0. The number of para-hydroxylation sites is 6. The Labute approximate surface area is 634 Å². The highest BCUT2D eigenvalue weighted by atomic mass is 15.2. The lowest BCUT2D eigenvalue weighted by molar-refractivity contribution is 1.16. The predicted octanol–water partition coefficient (Wildman–Crippen LogP) is 23.0. The Morgan fingerprint density at radius 3 is 0.836 bits per heavy atom. The molecule has 0 spiro atoms. The summed E-state index contributed by atoms with van der Waals surface area (Å²) < 4.78 is 5.25. The number of hydrogen-bond acceptors (Lipinski definition) is 4. The molecule has 25 rings (SSSR count). The molecule has 6 nitrogen and oxygen atoms in total. The standard InChI is InChI=1S/C102H62B2N6/c1-5-31-65(32-6-1)105-85-51-27-25-49-81(85)103-83-61-84-90(62-89(83)107(67-35-9-3-10-36-67)93-59-69(57-91(105)99(93)103)109-87-55-53-63-29-13-15-39-71(63)95(87)97-77-45-21-17-41-73(77)75-43-19-23-47-79(75)101(97)109)108(68-37-11-4-12-38-68)94-60-70(58-92-100(94)104(84)82-50-26-28-52-86(82)106(92)66-33-7-2-8-34-66)110-88-56-54-64-30-14-16-40-72(64)96(88)98-78-46-22-18-42-74(78)76-44-20-24-48-80(76)102(98)110/h1-62H. The van der Waals surface area contributed by atoms with Crippen molar-refractivity contribution in [1.29, 1.82) is 0 Å². The monoisotopic (exact) mass is 1390 g/mol. The second kappa shape index (κ2) is 22.6. The van der Waals surface area contributed by atoms with Crippen molar-refractivity contribution >= 4 is 223 Å². The van der Waals surface area contributed by atoms with E-state index in [0.29, 0.717) is 0 Å². The van der Waals surface area contributed by atoms with Crippen LogP contribution in [0.5, 0.6) is 0 Å². The first kappa shape index (κ1) is 59.9. The minimum Gasteiger partial charge on any atom is -0.311 e. The summed E-state index contributed by atoms with van der Waals surface area (Å²) in [4.78, 5) is 10.4. The predicted molar refractivity (Wildman–Crippen MR) is 468 cm³/mol. The third-order valence-electron chi connectivity index (χ3n) is 24.7. The third-order valence-corrected chi connectivity index (χ3v) is 24.7. The zero-order valence-electron chi connectivity index (χ0n) is 59.6. The van der Waals surface area contributed by atoms with Crippen molar-refractivity contribution in [3.05, 3.63) is 376 Å². The van der Waals surface area contributed by atoms with Gasteiger partial charge in [-0.2, -0.15) is 0 Å². The van der Waals surface area contributed by atoms with Crippen LogP contribution in [-0.2, 0) is 0 Å². The molecule has 2 aromatic heterocycles. The Bertz CT molecular complexity index is 7140. The number of aromatic nitrogens is 2. The molecule has 0 radical (unpaired) electrons. The molecule has 506 valence electrons. The van der Waals surface area contributed by atoms with Crippen molar-refractivity contribution in [1.82, 2.24) is 9.13 Å². The molecule has 4 aliphatic heterocycles. The van der Waals surface area contributed by atoms with Crippen LogP contribution in [0.4, 0.5) is 68.2 Å². The van der Waals surface area contributed by atoms with Gasteiger partial charge in [-0.05, 0) is 190 Å². The molecule has 6 heterocycles. The van der Waals surface area contributed by atoms with Crippen LogP contribution in [0.2, 0.25) is 0 Å². The Morgan fingerprint density at radius 1 is 0.173 bits per heavy atom. The number of nitrogens with zero attached hydrogens (tertiary/aromatic N) is 6. The first-order chi connectivity index (χ1) is 54.7. The van der Waals surface area contributed by atoms with Gasteiger partial charge in [-0.3, -0.25) is 0 Å². The molecule has 0 fully saturated rings. The fraction of sp³-hybridized carbons (Fsp3) is 0. The zero-order chi connectivity index (χ0) is 71.6. The van der Waals surface area contributed by atoms with E-state index in [1.165, 1.54) is 130 Å². The van der Waals surface area contributed by atoms with Gasteiger partial charge in [0.25, 0.3) is 13.4 Å². The van der Waals surface area contributed by atoms with Gasteiger partial charge in [0.2, 0.25) is 0 Å². The normalized spacial score (nSPS) is 13.3. The topological polar surface area (TPSA) is 22.8 Å². The summed E-state index contributed by atoms with van der Waals surface area (Å²) in [6.07, 6.45) is 0. The summed E-state index contributed by atoms with van der Waals surface area (Å²) in [6, 6.07) is 142. The van der Waals surface area contributed by atoms with Crippen LogP contribution in [-0.4, -0.2) is 22.6 Å². The van der Waals surface area contributed by atoms with Crippen molar-refractivity contribution in [2.45, 2.75) is 0 Å². The van der Waals surface area contributed by atoms with Gasteiger partial charge in [0.15, 0.2) is 0 Å². The van der Waals surface area contributed by atoms with E-state index >= 15 is 0 Å². The zero-order valence-corrected chi connectivity index (χ0v) is 59.6. The van der Waals surface area contributed by atoms with Crippen molar-refractivity contribution in [3.8, 4) is 11.4 Å². The first-order valence-electron chi connectivity index (χ1n) is 38.3. The molecule has 0 bridgehead atoms. The SMILES string of the molecule is c1ccc(N2c3ccccc3B3c4cc5c(cc4N(c4ccccc4)c4cc(-n6c7ccc8ccccc8c7c7c8ccccc8c8ccccc8c76)cc2c43)N(c2ccccc2)c2cc(-n3c4ccc6ccccc6c4c4c6ccccc6c6ccccc6c43)cc3c2B5c2ccccc2N3c2ccccc2)cc1. The van der Waals surface area contributed by atoms with Crippen molar-refractivity contribution in [2.75, 3.05) is 19.6 Å². The highest BCUT2D eigenvalue weighted by Gasteiger charge is 2.49.